The van der Waals surface area contributed by atoms with E-state index in [-0.39, 0.29) is 17.4 Å². The number of aryl methyl sites for hydroxylation is 1. The van der Waals surface area contributed by atoms with Gasteiger partial charge in [0.05, 0.1) is 0 Å². The number of nitrogens with one attached hydrogen (secondary N) is 2. The van der Waals surface area contributed by atoms with Gasteiger partial charge in [0, 0.05) is 21.7 Å². The number of hydrogen-bond donors (Lipinski definition) is 2. The van der Waals surface area contributed by atoms with Gasteiger partial charge in [0.25, 0.3) is 11.8 Å². The van der Waals surface area contributed by atoms with E-state index in [2.05, 4.69) is 10.6 Å². The maximum absolute atomic E-state index is 13.2. The van der Waals surface area contributed by atoms with Crippen molar-refractivity contribution in [1.29, 1.82) is 0 Å². The number of hydrogen-bond acceptors (Lipinski definition) is 4. The highest BCUT2D eigenvalue weighted by Crippen LogP contribution is 2.16. The van der Waals surface area contributed by atoms with E-state index in [1.165, 1.54) is 6.08 Å². The molecule has 4 aromatic rings. The van der Waals surface area contributed by atoms with E-state index < -0.39 is 5.91 Å². The Morgan fingerprint density at radius 3 is 2.28 bits per heavy atom. The Morgan fingerprint density at radius 2 is 1.58 bits per heavy atom. The standard InChI is InChI=1S/C30H24N2O3S/c1-21-7-5-8-22(19-21)20-27(32-29(34)24-9-3-2-4-10-24)30(35)31-25-14-12-23(13-15-25)28(33)17-16-26-11-6-18-36-26/h2-20H,1H3,(H,31,35)(H,32,34)/b17-16+,27-20-. The minimum Gasteiger partial charge on any atom is -0.321 e. The molecule has 0 aliphatic rings. The minimum absolute atomic E-state index is 0.105. The lowest BCUT2D eigenvalue weighted by Crippen LogP contribution is -2.30. The van der Waals surface area contributed by atoms with Crippen LogP contribution in [0.4, 0.5) is 5.69 Å². The van der Waals surface area contributed by atoms with Crippen molar-refractivity contribution in [2.24, 2.45) is 0 Å². The van der Waals surface area contributed by atoms with Crippen LogP contribution in [0.3, 0.4) is 0 Å². The molecule has 4 rings (SSSR count). The molecule has 6 heteroatoms. The normalized spacial score (nSPS) is 11.3. The monoisotopic (exact) mass is 492 g/mol. The third kappa shape index (κ3) is 6.74. The molecule has 2 amide bonds. The Balaban J connectivity index is 1.50. The first kappa shape index (κ1) is 24.6. The van der Waals surface area contributed by atoms with Gasteiger partial charge in [0.2, 0.25) is 0 Å². The summed E-state index contributed by atoms with van der Waals surface area (Å²) in [7, 11) is 0. The molecule has 1 aromatic heterocycles. The van der Waals surface area contributed by atoms with Crippen LogP contribution in [-0.4, -0.2) is 17.6 Å². The predicted octanol–water partition coefficient (Wildman–Crippen LogP) is 6.36. The van der Waals surface area contributed by atoms with E-state index in [9.17, 15) is 14.4 Å². The predicted molar refractivity (Wildman–Crippen MR) is 146 cm³/mol. The van der Waals surface area contributed by atoms with E-state index in [0.29, 0.717) is 16.8 Å². The van der Waals surface area contributed by atoms with Crippen LogP contribution >= 0.6 is 11.3 Å². The van der Waals surface area contributed by atoms with Crippen LogP contribution in [0.1, 0.15) is 36.7 Å². The molecule has 0 radical (unpaired) electrons. The highest BCUT2D eigenvalue weighted by atomic mass is 32.1. The van der Waals surface area contributed by atoms with Crippen molar-refractivity contribution in [3.63, 3.8) is 0 Å². The number of carbonyl (C=O) groups excluding carboxylic acids is 3. The number of amides is 2. The van der Waals surface area contributed by atoms with Crippen molar-refractivity contribution in [2.75, 3.05) is 5.32 Å². The molecule has 0 bridgehead atoms. The first-order chi connectivity index (χ1) is 17.5. The Bertz CT molecular complexity index is 1420. The van der Waals surface area contributed by atoms with Crippen molar-refractivity contribution < 1.29 is 14.4 Å². The largest absolute Gasteiger partial charge is 0.321 e. The van der Waals surface area contributed by atoms with Crippen molar-refractivity contribution in [1.82, 2.24) is 5.32 Å². The van der Waals surface area contributed by atoms with Crippen LogP contribution in [0.2, 0.25) is 0 Å². The first-order valence-corrected chi connectivity index (χ1v) is 12.2. The lowest BCUT2D eigenvalue weighted by atomic mass is 10.1. The minimum atomic E-state index is -0.475. The van der Waals surface area contributed by atoms with Crippen LogP contribution in [0.15, 0.2) is 108 Å². The summed E-state index contributed by atoms with van der Waals surface area (Å²) < 4.78 is 0. The van der Waals surface area contributed by atoms with Crippen LogP contribution in [-0.2, 0) is 4.79 Å². The summed E-state index contributed by atoms with van der Waals surface area (Å²) in [4.78, 5) is 39.4. The molecule has 0 atom stereocenters. The van der Waals surface area contributed by atoms with Crippen molar-refractivity contribution in [2.45, 2.75) is 6.92 Å². The molecule has 0 saturated heterocycles. The highest BCUT2D eigenvalue weighted by molar-refractivity contribution is 7.10. The van der Waals surface area contributed by atoms with E-state index in [1.807, 2.05) is 54.8 Å². The van der Waals surface area contributed by atoms with Gasteiger partial charge in [-0.2, -0.15) is 0 Å². The molecule has 0 aliphatic heterocycles. The van der Waals surface area contributed by atoms with Crippen molar-refractivity contribution >= 4 is 46.8 Å². The summed E-state index contributed by atoms with van der Waals surface area (Å²) >= 11 is 1.55. The van der Waals surface area contributed by atoms with E-state index in [1.54, 1.807) is 72.0 Å². The van der Waals surface area contributed by atoms with Gasteiger partial charge >= 0.3 is 0 Å². The third-order valence-electron chi connectivity index (χ3n) is 5.25. The van der Waals surface area contributed by atoms with Crippen LogP contribution in [0, 0.1) is 6.92 Å². The lowest BCUT2D eigenvalue weighted by molar-refractivity contribution is -0.113. The molecule has 2 N–H and O–H groups in total. The van der Waals surface area contributed by atoms with Gasteiger partial charge in [-0.15, -0.1) is 11.3 Å². The summed E-state index contributed by atoms with van der Waals surface area (Å²) in [6.07, 6.45) is 4.94. The van der Waals surface area contributed by atoms with Gasteiger partial charge in [-0.05, 0) is 78.6 Å². The molecule has 0 unspecified atom stereocenters. The number of ketones is 1. The van der Waals surface area contributed by atoms with E-state index in [4.69, 9.17) is 0 Å². The molecular weight excluding hydrogens is 468 g/mol. The first-order valence-electron chi connectivity index (χ1n) is 11.3. The highest BCUT2D eigenvalue weighted by Gasteiger charge is 2.15. The van der Waals surface area contributed by atoms with Crippen LogP contribution < -0.4 is 10.6 Å². The van der Waals surface area contributed by atoms with Gasteiger partial charge in [-0.3, -0.25) is 14.4 Å². The average Bonchev–Trinajstić information content (AvgIpc) is 3.41. The summed E-state index contributed by atoms with van der Waals surface area (Å²) in [6, 6.07) is 26.8. The number of rotatable bonds is 8. The molecule has 0 aliphatic carbocycles. The third-order valence-corrected chi connectivity index (χ3v) is 6.09. The molecule has 0 saturated carbocycles. The SMILES string of the molecule is Cc1cccc(/C=C(\NC(=O)c2ccccc2)C(=O)Nc2ccc(C(=O)/C=C/c3cccs3)cc2)c1. The Kier molecular flexibility index (Phi) is 8.01. The van der Waals surface area contributed by atoms with Crippen LogP contribution in [0.25, 0.3) is 12.2 Å². The zero-order valence-electron chi connectivity index (χ0n) is 19.6. The van der Waals surface area contributed by atoms with Crippen molar-refractivity contribution in [3.05, 3.63) is 135 Å². The quantitative estimate of drug-likeness (QED) is 0.222. The second kappa shape index (κ2) is 11.7. The molecule has 36 heavy (non-hydrogen) atoms. The summed E-state index contributed by atoms with van der Waals surface area (Å²) in [6.45, 7) is 1.96. The second-order valence-corrected chi connectivity index (χ2v) is 9.02. The number of benzene rings is 3. The molecule has 0 spiro atoms. The smallest absolute Gasteiger partial charge is 0.272 e. The van der Waals surface area contributed by atoms with Gasteiger partial charge in [-0.25, -0.2) is 0 Å². The topological polar surface area (TPSA) is 75.3 Å². The maximum Gasteiger partial charge on any atom is 0.272 e. The fourth-order valence-electron chi connectivity index (χ4n) is 3.43. The number of anilines is 1. The van der Waals surface area contributed by atoms with Gasteiger partial charge < -0.3 is 10.6 Å². The van der Waals surface area contributed by atoms with Crippen molar-refractivity contribution in [3.8, 4) is 0 Å². The summed E-state index contributed by atoms with van der Waals surface area (Å²) in [5.74, 6) is -0.989. The summed E-state index contributed by atoms with van der Waals surface area (Å²) in [5, 5.41) is 7.48. The van der Waals surface area contributed by atoms with Crippen LogP contribution in [0.5, 0.6) is 0 Å². The number of allylic oxidation sites excluding steroid dienone is 1. The zero-order chi connectivity index (χ0) is 25.3. The summed E-state index contributed by atoms with van der Waals surface area (Å²) in [5.41, 5.74) is 3.38. The number of carbonyl (C=O) groups is 3. The second-order valence-electron chi connectivity index (χ2n) is 8.04. The fraction of sp³-hybridized carbons (Fsp3) is 0.0333. The Morgan fingerprint density at radius 1 is 0.806 bits per heavy atom. The van der Waals surface area contributed by atoms with E-state index >= 15 is 0 Å². The molecular formula is C30H24N2O3S. The molecule has 5 nitrogen and oxygen atoms in total. The maximum atomic E-state index is 13.2. The molecule has 1 heterocycles. The fourth-order valence-corrected chi connectivity index (χ4v) is 4.04. The van der Waals surface area contributed by atoms with E-state index in [0.717, 1.165) is 16.0 Å². The molecule has 0 fully saturated rings. The van der Waals surface area contributed by atoms with Gasteiger partial charge in [-0.1, -0.05) is 54.1 Å². The van der Waals surface area contributed by atoms with Gasteiger partial charge in [0.1, 0.15) is 5.70 Å². The van der Waals surface area contributed by atoms with Gasteiger partial charge in [0.15, 0.2) is 5.78 Å². The average molecular weight is 493 g/mol. The number of thiophene rings is 1. The molecule has 3 aromatic carbocycles. The zero-order valence-corrected chi connectivity index (χ0v) is 20.4. The Hall–Kier alpha value is -4.55. The Labute approximate surface area is 213 Å². The molecule has 178 valence electrons. The lowest BCUT2D eigenvalue weighted by Gasteiger charge is -2.12.